The molecule has 0 bridgehead atoms. The van der Waals surface area contributed by atoms with E-state index < -0.39 is 5.97 Å². The summed E-state index contributed by atoms with van der Waals surface area (Å²) in [6.07, 6.45) is 0.910. The van der Waals surface area contributed by atoms with Crippen LogP contribution in [0.2, 0.25) is 0 Å². The highest BCUT2D eigenvalue weighted by molar-refractivity contribution is 6.05. The first kappa shape index (κ1) is 17.7. The van der Waals surface area contributed by atoms with Gasteiger partial charge < -0.3 is 15.4 Å². The van der Waals surface area contributed by atoms with Gasteiger partial charge in [0.05, 0.1) is 12.7 Å². The number of ether oxygens (including phenoxy) is 1. The molecule has 2 amide bonds. The van der Waals surface area contributed by atoms with E-state index in [-0.39, 0.29) is 17.7 Å². The van der Waals surface area contributed by atoms with Crippen LogP contribution in [-0.2, 0) is 9.53 Å². The zero-order valence-corrected chi connectivity index (χ0v) is 14.6. The number of hydrogen-bond donors (Lipinski definition) is 2. The number of nitrogens with one attached hydrogen (secondary N) is 2. The summed E-state index contributed by atoms with van der Waals surface area (Å²) in [6.45, 7) is 2.04. The number of carbonyl (C=O) groups is 3. The fourth-order valence-corrected chi connectivity index (χ4v) is 2.67. The lowest BCUT2D eigenvalue weighted by atomic mass is 10.1. The highest BCUT2D eigenvalue weighted by atomic mass is 16.5. The standard InChI is InChI=1S/C20H20N2O4/c1-12-10-17(12)19(24)22-16-5-3-4-14(11-16)18(23)21-15-8-6-13(7-9-15)20(25)26-2/h3-9,11-12,17H,10H2,1-2H3,(H,21,23)(H,22,24)/t12-,17-/m0/s1. The third-order valence-corrected chi connectivity index (χ3v) is 4.40. The Labute approximate surface area is 151 Å². The second-order valence-corrected chi connectivity index (χ2v) is 6.41. The van der Waals surface area contributed by atoms with Crippen molar-refractivity contribution in [2.45, 2.75) is 13.3 Å². The van der Waals surface area contributed by atoms with Crippen LogP contribution >= 0.6 is 0 Å². The number of benzene rings is 2. The average molecular weight is 352 g/mol. The summed E-state index contributed by atoms with van der Waals surface area (Å²) in [7, 11) is 1.31. The number of amides is 2. The van der Waals surface area contributed by atoms with Crippen molar-refractivity contribution in [3.05, 3.63) is 59.7 Å². The minimum absolute atomic E-state index is 0.00606. The zero-order chi connectivity index (χ0) is 18.7. The van der Waals surface area contributed by atoms with E-state index in [1.165, 1.54) is 7.11 Å². The highest BCUT2D eigenvalue weighted by Gasteiger charge is 2.39. The number of carbonyl (C=O) groups excluding carboxylic acids is 3. The van der Waals surface area contributed by atoms with E-state index in [2.05, 4.69) is 15.4 Å². The van der Waals surface area contributed by atoms with E-state index in [1.807, 2.05) is 6.92 Å². The van der Waals surface area contributed by atoms with Crippen molar-refractivity contribution in [2.24, 2.45) is 11.8 Å². The van der Waals surface area contributed by atoms with E-state index >= 15 is 0 Å². The Bertz CT molecular complexity index is 845. The minimum atomic E-state index is -0.434. The van der Waals surface area contributed by atoms with Gasteiger partial charge in [0.15, 0.2) is 0 Å². The molecule has 1 fully saturated rings. The van der Waals surface area contributed by atoms with Crippen molar-refractivity contribution < 1.29 is 19.1 Å². The molecule has 0 radical (unpaired) electrons. The van der Waals surface area contributed by atoms with Crippen LogP contribution in [0, 0.1) is 11.8 Å². The molecular formula is C20H20N2O4. The van der Waals surface area contributed by atoms with E-state index in [0.29, 0.717) is 28.4 Å². The van der Waals surface area contributed by atoms with Gasteiger partial charge in [-0.25, -0.2) is 4.79 Å². The lowest BCUT2D eigenvalue weighted by Gasteiger charge is -2.09. The Kier molecular flexibility index (Phi) is 5.02. The molecule has 1 aliphatic carbocycles. The van der Waals surface area contributed by atoms with E-state index in [9.17, 15) is 14.4 Å². The molecule has 0 aliphatic heterocycles. The second-order valence-electron chi connectivity index (χ2n) is 6.41. The molecule has 0 saturated heterocycles. The molecule has 0 heterocycles. The summed E-state index contributed by atoms with van der Waals surface area (Å²) < 4.78 is 4.64. The van der Waals surface area contributed by atoms with Gasteiger partial charge in [-0.2, -0.15) is 0 Å². The molecule has 6 heteroatoms. The quantitative estimate of drug-likeness (QED) is 0.809. The lowest BCUT2D eigenvalue weighted by Crippen LogP contribution is -2.16. The van der Waals surface area contributed by atoms with Crippen molar-refractivity contribution in [1.29, 1.82) is 0 Å². The molecule has 2 N–H and O–H groups in total. The Morgan fingerprint density at radius 2 is 1.65 bits per heavy atom. The molecule has 0 spiro atoms. The summed E-state index contributed by atoms with van der Waals surface area (Å²) in [5.74, 6) is -0.244. The lowest BCUT2D eigenvalue weighted by molar-refractivity contribution is -0.117. The molecule has 0 aromatic heterocycles. The first-order chi connectivity index (χ1) is 12.5. The van der Waals surface area contributed by atoms with Crippen LogP contribution in [0.1, 0.15) is 34.1 Å². The molecule has 0 unspecified atom stereocenters. The first-order valence-electron chi connectivity index (χ1n) is 8.38. The summed E-state index contributed by atoms with van der Waals surface area (Å²) in [5, 5.41) is 5.61. The summed E-state index contributed by atoms with van der Waals surface area (Å²) >= 11 is 0. The topological polar surface area (TPSA) is 84.5 Å². The first-order valence-corrected chi connectivity index (χ1v) is 8.38. The van der Waals surface area contributed by atoms with Gasteiger partial charge in [-0.1, -0.05) is 13.0 Å². The monoisotopic (exact) mass is 352 g/mol. The number of esters is 1. The van der Waals surface area contributed by atoms with Gasteiger partial charge >= 0.3 is 5.97 Å². The molecule has 1 aliphatic rings. The molecular weight excluding hydrogens is 332 g/mol. The predicted octanol–water partition coefficient (Wildman–Crippen LogP) is 3.32. The van der Waals surface area contributed by atoms with Gasteiger partial charge in [0.1, 0.15) is 0 Å². The van der Waals surface area contributed by atoms with Gasteiger partial charge in [0, 0.05) is 22.9 Å². The number of anilines is 2. The molecule has 2 atom stereocenters. The summed E-state index contributed by atoms with van der Waals surface area (Å²) in [5.41, 5.74) is 2.00. The van der Waals surface area contributed by atoms with E-state index in [0.717, 1.165) is 6.42 Å². The van der Waals surface area contributed by atoms with Gasteiger partial charge in [0.25, 0.3) is 5.91 Å². The van der Waals surface area contributed by atoms with Crippen molar-refractivity contribution in [2.75, 3.05) is 17.7 Å². The molecule has 134 valence electrons. The Morgan fingerprint density at radius 3 is 2.27 bits per heavy atom. The van der Waals surface area contributed by atoms with Crippen molar-refractivity contribution in [3.8, 4) is 0 Å². The predicted molar refractivity (Wildman–Crippen MR) is 98.1 cm³/mol. The summed E-state index contributed by atoms with van der Waals surface area (Å²) in [4.78, 5) is 35.9. The Hall–Kier alpha value is -3.15. The number of methoxy groups -OCH3 is 1. The second kappa shape index (κ2) is 7.39. The molecule has 26 heavy (non-hydrogen) atoms. The minimum Gasteiger partial charge on any atom is -0.465 e. The highest BCUT2D eigenvalue weighted by Crippen LogP contribution is 2.38. The van der Waals surface area contributed by atoms with Crippen LogP contribution in [0.3, 0.4) is 0 Å². The summed E-state index contributed by atoms with van der Waals surface area (Å²) in [6, 6.07) is 13.2. The van der Waals surface area contributed by atoms with Crippen molar-refractivity contribution in [3.63, 3.8) is 0 Å². The maximum Gasteiger partial charge on any atom is 0.337 e. The largest absolute Gasteiger partial charge is 0.465 e. The van der Waals surface area contributed by atoms with Crippen LogP contribution in [0.5, 0.6) is 0 Å². The van der Waals surface area contributed by atoms with Crippen LogP contribution in [-0.4, -0.2) is 24.9 Å². The molecule has 2 aromatic rings. The van der Waals surface area contributed by atoms with Gasteiger partial charge in [-0.05, 0) is 54.8 Å². The fraction of sp³-hybridized carbons (Fsp3) is 0.250. The SMILES string of the molecule is COC(=O)c1ccc(NC(=O)c2cccc(NC(=O)[C@H]3C[C@@H]3C)c2)cc1. The number of hydrogen-bond acceptors (Lipinski definition) is 4. The smallest absolute Gasteiger partial charge is 0.337 e. The fourth-order valence-electron chi connectivity index (χ4n) is 2.67. The van der Waals surface area contributed by atoms with Gasteiger partial charge in [-0.15, -0.1) is 0 Å². The molecule has 6 nitrogen and oxygen atoms in total. The van der Waals surface area contributed by atoms with Crippen molar-refractivity contribution in [1.82, 2.24) is 0 Å². The third-order valence-electron chi connectivity index (χ3n) is 4.40. The molecule has 3 rings (SSSR count). The van der Waals surface area contributed by atoms with Crippen LogP contribution in [0.25, 0.3) is 0 Å². The third kappa shape index (κ3) is 4.08. The van der Waals surface area contributed by atoms with E-state index in [4.69, 9.17) is 0 Å². The maximum atomic E-state index is 12.4. The zero-order valence-electron chi connectivity index (χ0n) is 14.6. The van der Waals surface area contributed by atoms with Gasteiger partial charge in [0.2, 0.25) is 5.91 Å². The normalized spacial score (nSPS) is 17.9. The molecule has 2 aromatic carbocycles. The van der Waals surface area contributed by atoms with Crippen LogP contribution in [0.4, 0.5) is 11.4 Å². The van der Waals surface area contributed by atoms with Crippen molar-refractivity contribution >= 4 is 29.2 Å². The average Bonchev–Trinajstić information content (AvgIpc) is 3.39. The van der Waals surface area contributed by atoms with Crippen LogP contribution in [0.15, 0.2) is 48.5 Å². The Balaban J connectivity index is 1.65. The number of rotatable bonds is 5. The van der Waals surface area contributed by atoms with Crippen LogP contribution < -0.4 is 10.6 Å². The maximum absolute atomic E-state index is 12.4. The Morgan fingerprint density at radius 1 is 0.962 bits per heavy atom. The molecule has 1 saturated carbocycles. The van der Waals surface area contributed by atoms with E-state index in [1.54, 1.807) is 48.5 Å². The van der Waals surface area contributed by atoms with Gasteiger partial charge in [-0.3, -0.25) is 9.59 Å².